The van der Waals surface area contributed by atoms with Crippen molar-refractivity contribution in [3.8, 4) is 0 Å². The average Bonchev–Trinajstić information content (AvgIpc) is 2.29. The molecule has 0 amide bonds. The van der Waals surface area contributed by atoms with Gasteiger partial charge in [-0.3, -0.25) is 9.62 Å². The first kappa shape index (κ1) is 12.1. The molecule has 0 unspecified atom stereocenters. The predicted octanol–water partition coefficient (Wildman–Crippen LogP) is 0.848. The minimum Gasteiger partial charge on any atom is -0.384 e. The van der Waals surface area contributed by atoms with Crippen molar-refractivity contribution in [2.45, 2.75) is 6.92 Å². The van der Waals surface area contributed by atoms with Gasteiger partial charge in [0.1, 0.15) is 5.84 Å². The van der Waals surface area contributed by atoms with E-state index >= 15 is 0 Å². The third-order valence-electron chi connectivity index (χ3n) is 2.96. The van der Waals surface area contributed by atoms with E-state index in [1.807, 2.05) is 25.1 Å². The Morgan fingerprint density at radius 2 is 2.06 bits per heavy atom. The summed E-state index contributed by atoms with van der Waals surface area (Å²) in [6, 6.07) is 5.89. The van der Waals surface area contributed by atoms with Gasteiger partial charge < -0.3 is 10.6 Å². The van der Waals surface area contributed by atoms with Crippen molar-refractivity contribution < 1.29 is 4.21 Å². The molecule has 1 fully saturated rings. The molecule has 1 saturated heterocycles. The molecule has 1 aromatic carbocycles. The van der Waals surface area contributed by atoms with Gasteiger partial charge >= 0.3 is 0 Å². The third-order valence-corrected chi connectivity index (χ3v) is 4.24. The molecule has 0 aromatic heterocycles. The summed E-state index contributed by atoms with van der Waals surface area (Å²) in [4.78, 5) is 2.17. The molecule has 4 nitrogen and oxygen atoms in total. The highest BCUT2D eigenvalue weighted by atomic mass is 32.2. The van der Waals surface area contributed by atoms with Crippen LogP contribution in [0.1, 0.15) is 11.1 Å². The first-order valence-electron chi connectivity index (χ1n) is 5.63. The number of hydrogen-bond donors (Lipinski definition) is 2. The molecular weight excluding hydrogens is 234 g/mol. The monoisotopic (exact) mass is 251 g/mol. The lowest BCUT2D eigenvalue weighted by Crippen LogP contribution is -2.38. The van der Waals surface area contributed by atoms with E-state index < -0.39 is 10.8 Å². The van der Waals surface area contributed by atoms with E-state index in [2.05, 4.69) is 4.90 Å². The molecule has 92 valence electrons. The minimum absolute atomic E-state index is 0.0895. The topological polar surface area (TPSA) is 70.2 Å². The van der Waals surface area contributed by atoms with Crippen molar-refractivity contribution in [2.75, 3.05) is 29.5 Å². The van der Waals surface area contributed by atoms with Gasteiger partial charge in [0.2, 0.25) is 0 Å². The van der Waals surface area contributed by atoms with Crippen LogP contribution in [0.3, 0.4) is 0 Å². The van der Waals surface area contributed by atoms with E-state index in [-0.39, 0.29) is 5.84 Å². The van der Waals surface area contributed by atoms with Crippen LogP contribution in [0, 0.1) is 12.3 Å². The van der Waals surface area contributed by atoms with Gasteiger partial charge in [-0.15, -0.1) is 0 Å². The van der Waals surface area contributed by atoms with Crippen molar-refractivity contribution >= 4 is 22.3 Å². The molecule has 0 bridgehead atoms. The van der Waals surface area contributed by atoms with Gasteiger partial charge in [-0.25, -0.2) is 0 Å². The number of hydrogen-bond acceptors (Lipinski definition) is 3. The van der Waals surface area contributed by atoms with Gasteiger partial charge in [0, 0.05) is 46.6 Å². The molecule has 0 atom stereocenters. The highest BCUT2D eigenvalue weighted by Crippen LogP contribution is 2.23. The van der Waals surface area contributed by atoms with Crippen molar-refractivity contribution in [3.05, 3.63) is 29.3 Å². The minimum atomic E-state index is -0.684. The van der Waals surface area contributed by atoms with Crippen LogP contribution in [0.5, 0.6) is 0 Å². The second-order valence-corrected chi connectivity index (χ2v) is 5.97. The lowest BCUT2D eigenvalue weighted by molar-refractivity contribution is 0.673. The summed E-state index contributed by atoms with van der Waals surface area (Å²) < 4.78 is 11.3. The number of benzene rings is 1. The Labute approximate surface area is 104 Å². The van der Waals surface area contributed by atoms with Crippen LogP contribution < -0.4 is 10.6 Å². The number of aryl methyl sites for hydroxylation is 1. The van der Waals surface area contributed by atoms with E-state index in [0.29, 0.717) is 11.5 Å². The molecular formula is C12H17N3OS. The van der Waals surface area contributed by atoms with E-state index in [1.54, 1.807) is 0 Å². The van der Waals surface area contributed by atoms with Crippen LogP contribution in [-0.2, 0) is 10.8 Å². The zero-order chi connectivity index (χ0) is 12.4. The summed E-state index contributed by atoms with van der Waals surface area (Å²) in [5, 5.41) is 7.60. The van der Waals surface area contributed by atoms with Crippen LogP contribution in [-0.4, -0.2) is 34.6 Å². The molecule has 5 heteroatoms. The molecule has 1 aromatic rings. The summed E-state index contributed by atoms with van der Waals surface area (Å²) in [7, 11) is -0.684. The summed E-state index contributed by atoms with van der Waals surface area (Å²) >= 11 is 0. The smallest absolute Gasteiger partial charge is 0.124 e. The fraction of sp³-hybridized carbons (Fsp3) is 0.417. The zero-order valence-corrected chi connectivity index (χ0v) is 10.7. The van der Waals surface area contributed by atoms with Crippen molar-refractivity contribution in [1.82, 2.24) is 0 Å². The number of nitrogens with two attached hydrogens (primary N) is 1. The Morgan fingerprint density at radius 3 is 2.65 bits per heavy atom. The quantitative estimate of drug-likeness (QED) is 0.604. The molecule has 0 radical (unpaired) electrons. The van der Waals surface area contributed by atoms with Gasteiger partial charge in [-0.2, -0.15) is 0 Å². The van der Waals surface area contributed by atoms with Crippen LogP contribution in [0.2, 0.25) is 0 Å². The molecule has 1 aliphatic rings. The molecule has 1 heterocycles. The second kappa shape index (κ2) is 4.87. The lowest BCUT2D eigenvalue weighted by Gasteiger charge is -2.30. The van der Waals surface area contributed by atoms with Crippen molar-refractivity contribution in [1.29, 1.82) is 5.41 Å². The van der Waals surface area contributed by atoms with Gasteiger partial charge in [0.25, 0.3) is 0 Å². The summed E-state index contributed by atoms with van der Waals surface area (Å²) in [6.07, 6.45) is 0. The fourth-order valence-electron chi connectivity index (χ4n) is 2.01. The van der Waals surface area contributed by atoms with Gasteiger partial charge in [0.15, 0.2) is 0 Å². The average molecular weight is 251 g/mol. The largest absolute Gasteiger partial charge is 0.384 e. The number of rotatable bonds is 2. The molecule has 0 saturated carbocycles. The first-order chi connectivity index (χ1) is 8.08. The Balaban J connectivity index is 2.33. The van der Waals surface area contributed by atoms with E-state index in [4.69, 9.17) is 11.1 Å². The van der Waals surface area contributed by atoms with E-state index in [0.717, 1.165) is 29.9 Å². The van der Waals surface area contributed by atoms with Crippen molar-refractivity contribution in [3.63, 3.8) is 0 Å². The number of nitrogens with one attached hydrogen (secondary N) is 1. The molecule has 2 rings (SSSR count). The third kappa shape index (κ3) is 2.66. The second-order valence-electron chi connectivity index (χ2n) is 4.27. The molecule has 17 heavy (non-hydrogen) atoms. The number of amidine groups is 1. The standard InChI is InChI=1S/C12H17N3OS/c1-9-2-3-10(12(13)14)11(8-9)15-4-6-17(16)7-5-15/h2-3,8H,4-7H2,1H3,(H3,13,14). The normalized spacial score (nSPS) is 17.1. The van der Waals surface area contributed by atoms with Gasteiger partial charge in [-0.1, -0.05) is 6.07 Å². The number of nitrogen functional groups attached to an aromatic ring is 1. The maximum atomic E-state index is 11.3. The predicted molar refractivity (Wildman–Crippen MR) is 72.3 cm³/mol. The highest BCUT2D eigenvalue weighted by Gasteiger charge is 2.18. The summed E-state index contributed by atoms with van der Waals surface area (Å²) in [6.45, 7) is 3.57. The fourth-order valence-corrected chi connectivity index (χ4v) is 3.06. The van der Waals surface area contributed by atoms with Crippen LogP contribution >= 0.6 is 0 Å². The zero-order valence-electron chi connectivity index (χ0n) is 9.90. The molecule has 3 N–H and O–H groups in total. The molecule has 0 aliphatic carbocycles. The number of nitrogens with zero attached hydrogens (tertiary/aromatic N) is 1. The highest BCUT2D eigenvalue weighted by molar-refractivity contribution is 7.85. The Hall–Kier alpha value is -1.36. The molecule has 0 spiro atoms. The summed E-state index contributed by atoms with van der Waals surface area (Å²) in [5.41, 5.74) is 8.51. The summed E-state index contributed by atoms with van der Waals surface area (Å²) in [5.74, 6) is 1.49. The Morgan fingerprint density at radius 1 is 1.41 bits per heavy atom. The number of anilines is 1. The van der Waals surface area contributed by atoms with Gasteiger partial charge in [-0.05, 0) is 24.6 Å². The maximum Gasteiger partial charge on any atom is 0.124 e. The van der Waals surface area contributed by atoms with E-state index in [1.165, 1.54) is 0 Å². The van der Waals surface area contributed by atoms with Crippen LogP contribution in [0.25, 0.3) is 0 Å². The van der Waals surface area contributed by atoms with Crippen molar-refractivity contribution in [2.24, 2.45) is 5.73 Å². The van der Waals surface area contributed by atoms with E-state index in [9.17, 15) is 4.21 Å². The SMILES string of the molecule is Cc1ccc(C(=N)N)c(N2CCS(=O)CC2)c1. The van der Waals surface area contributed by atoms with Crippen LogP contribution in [0.4, 0.5) is 5.69 Å². The maximum absolute atomic E-state index is 11.3. The van der Waals surface area contributed by atoms with Gasteiger partial charge in [0.05, 0.1) is 0 Å². The van der Waals surface area contributed by atoms with Crippen LogP contribution in [0.15, 0.2) is 18.2 Å². The Bertz CT molecular complexity index is 463. The lowest BCUT2D eigenvalue weighted by atomic mass is 10.1. The Kier molecular flexibility index (Phi) is 3.47. The first-order valence-corrected chi connectivity index (χ1v) is 7.11. The molecule has 1 aliphatic heterocycles.